The second kappa shape index (κ2) is 17.4. The van der Waals surface area contributed by atoms with Crippen molar-refractivity contribution in [3.8, 4) is 0 Å². The van der Waals surface area contributed by atoms with Gasteiger partial charge in [-0.05, 0) is 44.6 Å². The van der Waals surface area contributed by atoms with Crippen molar-refractivity contribution in [3.63, 3.8) is 0 Å². The number of rotatable bonds is 14. The number of aliphatic hydroxyl groups excluding tert-OH is 1. The van der Waals surface area contributed by atoms with Gasteiger partial charge in [-0.25, -0.2) is 0 Å². The van der Waals surface area contributed by atoms with E-state index in [2.05, 4.69) is 25.2 Å². The number of hydrogen-bond donors (Lipinski definition) is 1. The first-order chi connectivity index (χ1) is 9.41. The van der Waals surface area contributed by atoms with Crippen molar-refractivity contribution in [1.29, 1.82) is 0 Å². The second-order valence-electron chi connectivity index (χ2n) is 5.22. The molecule has 0 saturated carbocycles. The van der Waals surface area contributed by atoms with Crippen molar-refractivity contribution in [1.82, 2.24) is 0 Å². The summed E-state index contributed by atoms with van der Waals surface area (Å²) in [6.07, 6.45) is 25.1. The van der Waals surface area contributed by atoms with Gasteiger partial charge in [0.2, 0.25) is 0 Å². The molecule has 0 aromatic rings. The van der Waals surface area contributed by atoms with Crippen molar-refractivity contribution in [2.75, 3.05) is 6.61 Å². The average molecular weight is 265 g/mol. The molecule has 0 rings (SSSR count). The third kappa shape index (κ3) is 17.4. The Hall–Kier alpha value is -0.560. The van der Waals surface area contributed by atoms with Gasteiger partial charge in [-0.15, -0.1) is 0 Å². The van der Waals surface area contributed by atoms with Crippen LogP contribution in [0.3, 0.4) is 0 Å². The maximum absolute atomic E-state index is 8.55. The van der Waals surface area contributed by atoms with Gasteiger partial charge in [-0.3, -0.25) is 0 Å². The largest absolute Gasteiger partial charge is 0.392 e. The molecule has 1 heteroatoms. The van der Waals surface area contributed by atoms with E-state index < -0.39 is 0 Å². The molecule has 0 heterocycles. The molecular formula is C18H33O. The Morgan fingerprint density at radius 3 is 2.00 bits per heavy atom. The molecule has 0 saturated heterocycles. The Kier molecular flexibility index (Phi) is 16.9. The highest BCUT2D eigenvalue weighted by molar-refractivity contribution is 4.81. The highest BCUT2D eigenvalue weighted by Gasteiger charge is 1.89. The SMILES string of the molecule is CCCCCC/C=C\CCCCCCC[C]=CCO. The average Bonchev–Trinajstić information content (AvgIpc) is 2.43. The lowest BCUT2D eigenvalue weighted by molar-refractivity contribution is 0.342. The minimum atomic E-state index is 0.130. The van der Waals surface area contributed by atoms with E-state index in [1.54, 1.807) is 6.08 Å². The van der Waals surface area contributed by atoms with Crippen molar-refractivity contribution in [2.24, 2.45) is 0 Å². The molecule has 0 spiro atoms. The minimum absolute atomic E-state index is 0.130. The first-order valence-corrected chi connectivity index (χ1v) is 8.22. The number of unbranched alkanes of at least 4 members (excludes halogenated alkanes) is 10. The summed E-state index contributed by atoms with van der Waals surface area (Å²) in [6.45, 7) is 2.39. The number of hydrogen-bond acceptors (Lipinski definition) is 1. The summed E-state index contributed by atoms with van der Waals surface area (Å²) in [5, 5.41) is 8.55. The van der Waals surface area contributed by atoms with Gasteiger partial charge in [-0.1, -0.05) is 63.7 Å². The van der Waals surface area contributed by atoms with E-state index in [4.69, 9.17) is 5.11 Å². The highest BCUT2D eigenvalue weighted by atomic mass is 16.2. The molecule has 19 heavy (non-hydrogen) atoms. The molecule has 0 atom stereocenters. The molecule has 0 amide bonds. The van der Waals surface area contributed by atoms with Crippen LogP contribution in [0.2, 0.25) is 0 Å². The summed E-state index contributed by atoms with van der Waals surface area (Å²) in [5.74, 6) is 0. The van der Waals surface area contributed by atoms with Crippen molar-refractivity contribution in [2.45, 2.75) is 84.0 Å². The highest BCUT2D eigenvalue weighted by Crippen LogP contribution is 2.08. The molecule has 0 aliphatic rings. The van der Waals surface area contributed by atoms with Crippen LogP contribution < -0.4 is 0 Å². The van der Waals surface area contributed by atoms with Crippen LogP contribution in [-0.2, 0) is 0 Å². The third-order valence-electron chi connectivity index (χ3n) is 3.32. The minimum Gasteiger partial charge on any atom is -0.392 e. The Labute approximate surface area is 120 Å². The van der Waals surface area contributed by atoms with Gasteiger partial charge in [0, 0.05) is 0 Å². The van der Waals surface area contributed by atoms with Crippen LogP contribution in [0.4, 0.5) is 0 Å². The zero-order valence-electron chi connectivity index (χ0n) is 12.9. The van der Waals surface area contributed by atoms with Gasteiger partial charge in [0.15, 0.2) is 0 Å². The molecule has 0 bridgehead atoms. The monoisotopic (exact) mass is 265 g/mol. The van der Waals surface area contributed by atoms with E-state index in [0.29, 0.717) is 0 Å². The fraction of sp³-hybridized carbons (Fsp3) is 0.778. The predicted octanol–water partition coefficient (Wildman–Crippen LogP) is 5.60. The van der Waals surface area contributed by atoms with E-state index in [9.17, 15) is 0 Å². The smallest absolute Gasteiger partial charge is 0.0618 e. The van der Waals surface area contributed by atoms with E-state index in [0.717, 1.165) is 6.42 Å². The van der Waals surface area contributed by atoms with Crippen LogP contribution in [0, 0.1) is 6.08 Å². The molecule has 0 aromatic carbocycles. The molecule has 0 unspecified atom stereocenters. The first-order valence-electron chi connectivity index (χ1n) is 8.22. The molecule has 1 nitrogen and oxygen atoms in total. The Balaban J connectivity index is 3.05. The maximum Gasteiger partial charge on any atom is 0.0618 e. The normalized spacial score (nSPS) is 11.9. The van der Waals surface area contributed by atoms with Gasteiger partial charge in [0.1, 0.15) is 0 Å². The Bertz CT molecular complexity index is 206. The van der Waals surface area contributed by atoms with E-state index in [1.165, 1.54) is 70.6 Å². The molecule has 1 N–H and O–H groups in total. The van der Waals surface area contributed by atoms with Crippen molar-refractivity contribution in [3.05, 3.63) is 24.3 Å². The molecular weight excluding hydrogens is 232 g/mol. The van der Waals surface area contributed by atoms with Gasteiger partial charge < -0.3 is 5.11 Å². The van der Waals surface area contributed by atoms with Crippen LogP contribution in [-0.4, -0.2) is 11.7 Å². The second-order valence-corrected chi connectivity index (χ2v) is 5.22. The fourth-order valence-corrected chi connectivity index (χ4v) is 2.11. The van der Waals surface area contributed by atoms with E-state index in [-0.39, 0.29) is 6.61 Å². The van der Waals surface area contributed by atoms with Crippen LogP contribution in [0.25, 0.3) is 0 Å². The first kappa shape index (κ1) is 18.4. The molecule has 0 aliphatic carbocycles. The lowest BCUT2D eigenvalue weighted by Gasteiger charge is -1.98. The van der Waals surface area contributed by atoms with Crippen molar-refractivity contribution < 1.29 is 5.11 Å². The lowest BCUT2D eigenvalue weighted by atomic mass is 10.1. The van der Waals surface area contributed by atoms with Crippen LogP contribution >= 0.6 is 0 Å². The van der Waals surface area contributed by atoms with Gasteiger partial charge >= 0.3 is 0 Å². The molecule has 0 aliphatic heterocycles. The Morgan fingerprint density at radius 1 is 0.789 bits per heavy atom. The standard InChI is InChI=1S/C18H33O/c1-2-3-4-5-6-7-8-9-10-11-12-13-14-15-16-17-18-19/h7-8,17,19H,2-6,9-15,18H2,1H3/b8-7-,17-16?. The summed E-state index contributed by atoms with van der Waals surface area (Å²) in [4.78, 5) is 0. The van der Waals surface area contributed by atoms with Crippen LogP contribution in [0.15, 0.2) is 18.2 Å². The summed E-state index contributed by atoms with van der Waals surface area (Å²) in [7, 11) is 0. The lowest BCUT2D eigenvalue weighted by Crippen LogP contribution is -1.79. The van der Waals surface area contributed by atoms with Gasteiger partial charge in [0.05, 0.1) is 6.61 Å². The summed E-state index contributed by atoms with van der Waals surface area (Å²) in [5.41, 5.74) is 0. The summed E-state index contributed by atoms with van der Waals surface area (Å²) < 4.78 is 0. The number of allylic oxidation sites excluding steroid dienone is 3. The van der Waals surface area contributed by atoms with E-state index >= 15 is 0 Å². The van der Waals surface area contributed by atoms with Crippen molar-refractivity contribution >= 4 is 0 Å². The zero-order chi connectivity index (χ0) is 14.0. The number of aliphatic hydroxyl groups is 1. The molecule has 0 fully saturated rings. The molecule has 0 aromatic heterocycles. The molecule has 1 radical (unpaired) electrons. The quantitative estimate of drug-likeness (QED) is 0.320. The van der Waals surface area contributed by atoms with E-state index in [1.807, 2.05) is 0 Å². The fourth-order valence-electron chi connectivity index (χ4n) is 2.11. The van der Waals surface area contributed by atoms with Gasteiger partial charge in [-0.2, -0.15) is 0 Å². The third-order valence-corrected chi connectivity index (χ3v) is 3.32. The summed E-state index contributed by atoms with van der Waals surface area (Å²) in [6, 6.07) is 0. The molecule has 111 valence electrons. The van der Waals surface area contributed by atoms with Crippen LogP contribution in [0.1, 0.15) is 84.0 Å². The predicted molar refractivity (Wildman–Crippen MR) is 85.1 cm³/mol. The Morgan fingerprint density at radius 2 is 1.37 bits per heavy atom. The zero-order valence-corrected chi connectivity index (χ0v) is 12.9. The van der Waals surface area contributed by atoms with Crippen LogP contribution in [0.5, 0.6) is 0 Å². The topological polar surface area (TPSA) is 20.2 Å². The van der Waals surface area contributed by atoms with Gasteiger partial charge in [0.25, 0.3) is 0 Å². The summed E-state index contributed by atoms with van der Waals surface area (Å²) >= 11 is 0. The maximum atomic E-state index is 8.55.